The molecule has 0 amide bonds. The fraction of sp³-hybridized carbons (Fsp3) is 0.500. The molecule has 0 aliphatic carbocycles. The minimum Gasteiger partial charge on any atom is -0.466 e. The molecule has 6 nitrogen and oxygen atoms in total. The Kier molecular flexibility index (Phi) is 4.04. The van der Waals surface area contributed by atoms with Gasteiger partial charge in [-0.15, -0.1) is 0 Å². The Morgan fingerprint density at radius 2 is 2.06 bits per heavy atom. The molecule has 16 heavy (non-hydrogen) atoms. The molecule has 0 bridgehead atoms. The Morgan fingerprint density at radius 1 is 1.38 bits per heavy atom. The van der Waals surface area contributed by atoms with Crippen molar-refractivity contribution in [3.63, 3.8) is 0 Å². The Labute approximate surface area is 92.4 Å². The summed E-state index contributed by atoms with van der Waals surface area (Å²) in [5.74, 6) is -0.900. The number of hydrogen-bond acceptors (Lipinski definition) is 4. The number of Topliss-reactive ketones (excluding diaryl/α,β-unsaturated/α-hetero) is 1. The molecule has 0 unspecified atom stereocenters. The van der Waals surface area contributed by atoms with Gasteiger partial charge < -0.3 is 9.30 Å². The van der Waals surface area contributed by atoms with Crippen molar-refractivity contribution >= 4 is 11.8 Å². The van der Waals surface area contributed by atoms with Gasteiger partial charge in [-0.25, -0.2) is 4.79 Å². The van der Waals surface area contributed by atoms with Gasteiger partial charge in [0, 0.05) is 19.4 Å². The average molecular weight is 226 g/mol. The fourth-order valence-electron chi connectivity index (χ4n) is 1.25. The van der Waals surface area contributed by atoms with Crippen LogP contribution < -0.4 is 5.69 Å². The fourth-order valence-corrected chi connectivity index (χ4v) is 1.25. The Hall–Kier alpha value is -1.85. The summed E-state index contributed by atoms with van der Waals surface area (Å²) in [6, 6.07) is 0. The standard InChI is InChI=1S/C10H14N2O4/c1-3-16-9(14)6-8(13)7-12-5-4-11(2)10(12)15/h4-5H,3,6-7H2,1-2H3. The van der Waals surface area contributed by atoms with Crippen molar-refractivity contribution < 1.29 is 14.3 Å². The van der Waals surface area contributed by atoms with Gasteiger partial charge in [0.05, 0.1) is 13.2 Å². The topological polar surface area (TPSA) is 70.3 Å². The summed E-state index contributed by atoms with van der Waals surface area (Å²) in [7, 11) is 1.59. The van der Waals surface area contributed by atoms with Crippen molar-refractivity contribution in [2.75, 3.05) is 6.61 Å². The minimum absolute atomic E-state index is 0.0987. The van der Waals surface area contributed by atoms with Crippen LogP contribution in [-0.4, -0.2) is 27.5 Å². The second kappa shape index (κ2) is 5.29. The predicted octanol–water partition coefficient (Wildman–Crippen LogP) is -0.291. The van der Waals surface area contributed by atoms with Crippen LogP contribution in [-0.2, 0) is 27.9 Å². The van der Waals surface area contributed by atoms with Gasteiger partial charge in [0.2, 0.25) is 0 Å². The van der Waals surface area contributed by atoms with Gasteiger partial charge in [-0.2, -0.15) is 0 Å². The van der Waals surface area contributed by atoms with E-state index in [1.165, 1.54) is 15.3 Å². The second-order valence-electron chi connectivity index (χ2n) is 3.34. The molecule has 0 radical (unpaired) electrons. The van der Waals surface area contributed by atoms with Crippen LogP contribution in [0.5, 0.6) is 0 Å². The number of rotatable bonds is 5. The Bertz CT molecular complexity index is 444. The van der Waals surface area contributed by atoms with E-state index in [1.807, 2.05) is 0 Å². The Balaban J connectivity index is 2.55. The summed E-state index contributed by atoms with van der Waals surface area (Å²) < 4.78 is 7.24. The largest absolute Gasteiger partial charge is 0.466 e. The average Bonchev–Trinajstić information content (AvgIpc) is 2.50. The van der Waals surface area contributed by atoms with E-state index in [4.69, 9.17) is 0 Å². The van der Waals surface area contributed by atoms with E-state index in [0.717, 1.165) is 0 Å². The molecule has 1 heterocycles. The maximum absolute atomic E-state index is 11.4. The number of aryl methyl sites for hydroxylation is 1. The molecule has 0 aromatic carbocycles. The molecule has 88 valence electrons. The first-order valence-corrected chi connectivity index (χ1v) is 4.93. The monoisotopic (exact) mass is 226 g/mol. The maximum atomic E-state index is 11.4. The smallest absolute Gasteiger partial charge is 0.328 e. The van der Waals surface area contributed by atoms with Crippen LogP contribution in [0, 0.1) is 0 Å². The first-order chi connectivity index (χ1) is 7.54. The van der Waals surface area contributed by atoms with Crippen molar-refractivity contribution in [3.8, 4) is 0 Å². The summed E-state index contributed by atoms with van der Waals surface area (Å²) in [4.78, 5) is 33.8. The summed E-state index contributed by atoms with van der Waals surface area (Å²) in [5.41, 5.74) is -0.280. The number of esters is 1. The molecule has 0 fully saturated rings. The van der Waals surface area contributed by atoms with Gasteiger partial charge in [0.25, 0.3) is 0 Å². The molecule has 0 spiro atoms. The van der Waals surface area contributed by atoms with E-state index in [2.05, 4.69) is 4.74 Å². The highest BCUT2D eigenvalue weighted by atomic mass is 16.5. The molecule has 1 aromatic rings. The maximum Gasteiger partial charge on any atom is 0.328 e. The third-order valence-electron chi connectivity index (χ3n) is 2.01. The van der Waals surface area contributed by atoms with E-state index >= 15 is 0 Å². The minimum atomic E-state index is -0.559. The number of carbonyl (C=O) groups is 2. The van der Waals surface area contributed by atoms with Crippen molar-refractivity contribution in [2.24, 2.45) is 7.05 Å². The molecule has 0 saturated carbocycles. The lowest BCUT2D eigenvalue weighted by Gasteiger charge is -2.01. The normalized spacial score (nSPS) is 10.1. The van der Waals surface area contributed by atoms with Gasteiger partial charge in [-0.1, -0.05) is 0 Å². The molecule has 0 aliphatic heterocycles. The van der Waals surface area contributed by atoms with E-state index < -0.39 is 5.97 Å². The quantitative estimate of drug-likeness (QED) is 0.511. The molecule has 1 aromatic heterocycles. The van der Waals surface area contributed by atoms with Gasteiger partial charge in [0.1, 0.15) is 6.42 Å². The molecular weight excluding hydrogens is 212 g/mol. The van der Waals surface area contributed by atoms with Gasteiger partial charge >= 0.3 is 11.7 Å². The third-order valence-corrected chi connectivity index (χ3v) is 2.01. The number of nitrogens with zero attached hydrogens (tertiary/aromatic N) is 2. The number of hydrogen-bond donors (Lipinski definition) is 0. The summed E-state index contributed by atoms with van der Waals surface area (Å²) in [6.07, 6.45) is 2.76. The SMILES string of the molecule is CCOC(=O)CC(=O)Cn1ccn(C)c1=O. The number of ether oxygens (including phenoxy) is 1. The molecule has 0 atom stereocenters. The molecule has 6 heteroatoms. The highest BCUT2D eigenvalue weighted by Gasteiger charge is 2.12. The third kappa shape index (κ3) is 3.08. The second-order valence-corrected chi connectivity index (χ2v) is 3.34. The number of ketones is 1. The van der Waals surface area contributed by atoms with Crippen LogP contribution >= 0.6 is 0 Å². The van der Waals surface area contributed by atoms with E-state index in [0.29, 0.717) is 0 Å². The first-order valence-electron chi connectivity index (χ1n) is 4.93. The summed E-state index contributed by atoms with van der Waals surface area (Å²) >= 11 is 0. The van der Waals surface area contributed by atoms with E-state index in [9.17, 15) is 14.4 Å². The lowest BCUT2D eigenvalue weighted by atomic mass is 10.3. The molecule has 0 aliphatic rings. The zero-order valence-electron chi connectivity index (χ0n) is 9.30. The predicted molar refractivity (Wildman–Crippen MR) is 55.9 cm³/mol. The summed E-state index contributed by atoms with van der Waals surface area (Å²) in [6.45, 7) is 1.82. The highest BCUT2D eigenvalue weighted by molar-refractivity contribution is 5.95. The van der Waals surface area contributed by atoms with Crippen molar-refractivity contribution in [3.05, 3.63) is 22.9 Å². The van der Waals surface area contributed by atoms with Crippen LogP contribution in [0.2, 0.25) is 0 Å². The number of aromatic nitrogens is 2. The van der Waals surface area contributed by atoms with Crippen molar-refractivity contribution in [1.82, 2.24) is 9.13 Å². The lowest BCUT2D eigenvalue weighted by Crippen LogP contribution is -2.26. The highest BCUT2D eigenvalue weighted by Crippen LogP contribution is 1.92. The van der Waals surface area contributed by atoms with Crippen LogP contribution in [0.1, 0.15) is 13.3 Å². The van der Waals surface area contributed by atoms with E-state index in [1.54, 1.807) is 20.2 Å². The molecule has 0 N–H and O–H groups in total. The van der Waals surface area contributed by atoms with Crippen molar-refractivity contribution in [1.29, 1.82) is 0 Å². The zero-order chi connectivity index (χ0) is 12.1. The van der Waals surface area contributed by atoms with Crippen LogP contribution in [0.15, 0.2) is 17.2 Å². The van der Waals surface area contributed by atoms with Crippen LogP contribution in [0.25, 0.3) is 0 Å². The summed E-state index contributed by atoms with van der Waals surface area (Å²) in [5, 5.41) is 0. The molecule has 1 rings (SSSR count). The van der Waals surface area contributed by atoms with Gasteiger partial charge in [0.15, 0.2) is 5.78 Å². The first kappa shape index (κ1) is 12.2. The Morgan fingerprint density at radius 3 is 2.56 bits per heavy atom. The van der Waals surface area contributed by atoms with Crippen LogP contribution in [0.4, 0.5) is 0 Å². The van der Waals surface area contributed by atoms with Gasteiger partial charge in [-0.3, -0.25) is 14.2 Å². The number of carbonyl (C=O) groups excluding carboxylic acids is 2. The van der Waals surface area contributed by atoms with E-state index in [-0.39, 0.29) is 31.0 Å². The zero-order valence-corrected chi connectivity index (χ0v) is 9.30. The van der Waals surface area contributed by atoms with Crippen molar-refractivity contribution in [2.45, 2.75) is 19.9 Å². The molecular formula is C10H14N2O4. The molecule has 0 saturated heterocycles. The van der Waals surface area contributed by atoms with Gasteiger partial charge in [-0.05, 0) is 6.92 Å². The lowest BCUT2D eigenvalue weighted by molar-refractivity contribution is -0.145. The number of imidazole rings is 1. The van der Waals surface area contributed by atoms with Crippen LogP contribution in [0.3, 0.4) is 0 Å².